The SMILES string of the molecule is CCCCCCCCCCCCCCC(=O)NC(COC1OC(CO)C(O)C(O)C1O)C(O)CCCCCCCCCCCC. The minimum Gasteiger partial charge on any atom is -0.394 e. The highest BCUT2D eigenvalue weighted by Gasteiger charge is 2.44. The Morgan fingerprint density at radius 1 is 0.667 bits per heavy atom. The Bertz CT molecular complexity index is 681. The topological polar surface area (TPSA) is 149 Å². The zero-order valence-corrected chi connectivity index (χ0v) is 28.9. The van der Waals surface area contributed by atoms with E-state index in [1.54, 1.807) is 0 Å². The maximum Gasteiger partial charge on any atom is 0.220 e. The summed E-state index contributed by atoms with van der Waals surface area (Å²) >= 11 is 0. The van der Waals surface area contributed by atoms with E-state index >= 15 is 0 Å². The van der Waals surface area contributed by atoms with Crippen molar-refractivity contribution in [3.8, 4) is 0 Å². The molecule has 1 rings (SSSR count). The number of aliphatic hydroxyl groups is 5. The van der Waals surface area contributed by atoms with Gasteiger partial charge in [0, 0.05) is 6.42 Å². The van der Waals surface area contributed by atoms with Crippen LogP contribution in [-0.4, -0.2) is 87.5 Å². The molecule has 1 aliphatic rings. The Morgan fingerprint density at radius 3 is 1.58 bits per heavy atom. The van der Waals surface area contributed by atoms with E-state index < -0.39 is 49.5 Å². The Hall–Kier alpha value is -0.810. The molecule has 1 fully saturated rings. The van der Waals surface area contributed by atoms with Crippen molar-refractivity contribution in [1.82, 2.24) is 5.32 Å². The summed E-state index contributed by atoms with van der Waals surface area (Å²) in [5.41, 5.74) is 0. The fourth-order valence-corrected chi connectivity index (χ4v) is 6.10. The number of nitrogens with one attached hydrogen (secondary N) is 1. The van der Waals surface area contributed by atoms with Gasteiger partial charge in [0.1, 0.15) is 24.4 Å². The van der Waals surface area contributed by atoms with E-state index in [0.717, 1.165) is 38.5 Å². The monoisotopic (exact) mass is 646 g/mol. The lowest BCUT2D eigenvalue weighted by molar-refractivity contribution is -0.302. The van der Waals surface area contributed by atoms with Gasteiger partial charge in [-0.05, 0) is 12.8 Å². The molecule has 0 aliphatic carbocycles. The Kier molecular flexibility index (Phi) is 26.5. The van der Waals surface area contributed by atoms with Gasteiger partial charge in [-0.3, -0.25) is 4.79 Å². The van der Waals surface area contributed by atoms with Gasteiger partial charge >= 0.3 is 0 Å². The van der Waals surface area contributed by atoms with Crippen molar-refractivity contribution in [3.63, 3.8) is 0 Å². The number of amides is 1. The molecule has 0 radical (unpaired) electrons. The Balaban J connectivity index is 2.43. The van der Waals surface area contributed by atoms with Crippen molar-refractivity contribution in [3.05, 3.63) is 0 Å². The van der Waals surface area contributed by atoms with Crippen molar-refractivity contribution in [2.24, 2.45) is 0 Å². The van der Waals surface area contributed by atoms with Gasteiger partial charge in [-0.2, -0.15) is 0 Å². The predicted molar refractivity (Wildman–Crippen MR) is 180 cm³/mol. The van der Waals surface area contributed by atoms with Crippen molar-refractivity contribution in [2.45, 2.75) is 211 Å². The lowest BCUT2D eigenvalue weighted by Crippen LogP contribution is -2.60. The third kappa shape index (κ3) is 20.2. The molecule has 7 atom stereocenters. The quantitative estimate of drug-likeness (QED) is 0.0517. The molecule has 0 aromatic carbocycles. The first-order valence-electron chi connectivity index (χ1n) is 18.7. The number of unbranched alkanes of at least 4 members (excludes halogenated alkanes) is 20. The second-order valence-electron chi connectivity index (χ2n) is 13.4. The standard InChI is InChI=1S/C36H71NO8/c1-3-5-7-9-11-13-15-16-18-20-22-24-26-32(40)37-29(28-44-36-35(43)34(42)33(41)31(27-38)45-36)30(39)25-23-21-19-17-14-12-10-8-6-4-2/h29-31,33-36,38-39,41-43H,3-28H2,1-2H3,(H,37,40). The molecule has 0 spiro atoms. The van der Waals surface area contributed by atoms with Crippen molar-refractivity contribution < 1.29 is 39.8 Å². The van der Waals surface area contributed by atoms with Crippen LogP contribution in [0.3, 0.4) is 0 Å². The van der Waals surface area contributed by atoms with Crippen LogP contribution in [0.2, 0.25) is 0 Å². The third-order valence-corrected chi connectivity index (χ3v) is 9.21. The van der Waals surface area contributed by atoms with Crippen molar-refractivity contribution in [1.29, 1.82) is 0 Å². The summed E-state index contributed by atoms with van der Waals surface area (Å²) in [4.78, 5) is 12.8. The molecule has 0 aromatic rings. The van der Waals surface area contributed by atoms with E-state index in [1.807, 2.05) is 0 Å². The van der Waals surface area contributed by atoms with Crippen LogP contribution in [0.1, 0.15) is 168 Å². The molecular weight excluding hydrogens is 574 g/mol. The lowest BCUT2D eigenvalue weighted by Gasteiger charge is -2.40. The average Bonchev–Trinajstić information content (AvgIpc) is 3.04. The van der Waals surface area contributed by atoms with Crippen molar-refractivity contribution in [2.75, 3.05) is 13.2 Å². The van der Waals surface area contributed by atoms with E-state index in [9.17, 15) is 30.3 Å². The molecule has 268 valence electrons. The van der Waals surface area contributed by atoms with Crippen LogP contribution in [0, 0.1) is 0 Å². The van der Waals surface area contributed by atoms with E-state index in [-0.39, 0.29) is 12.5 Å². The number of aliphatic hydroxyl groups excluding tert-OH is 5. The van der Waals surface area contributed by atoms with E-state index in [0.29, 0.717) is 12.8 Å². The second kappa shape index (κ2) is 28.2. The maximum absolute atomic E-state index is 12.8. The first-order chi connectivity index (χ1) is 21.8. The molecule has 9 nitrogen and oxygen atoms in total. The zero-order chi connectivity index (χ0) is 33.1. The predicted octanol–water partition coefficient (Wildman–Crippen LogP) is 6.05. The van der Waals surface area contributed by atoms with E-state index in [1.165, 1.54) is 103 Å². The minimum absolute atomic E-state index is 0.133. The highest BCUT2D eigenvalue weighted by atomic mass is 16.7. The van der Waals surface area contributed by atoms with Crippen LogP contribution in [0.15, 0.2) is 0 Å². The fourth-order valence-electron chi connectivity index (χ4n) is 6.10. The average molecular weight is 646 g/mol. The summed E-state index contributed by atoms with van der Waals surface area (Å²) in [5.74, 6) is -0.147. The number of carbonyl (C=O) groups excluding carboxylic acids is 1. The third-order valence-electron chi connectivity index (χ3n) is 9.21. The highest BCUT2D eigenvalue weighted by molar-refractivity contribution is 5.76. The van der Waals surface area contributed by atoms with Gasteiger partial charge in [0.15, 0.2) is 6.29 Å². The summed E-state index contributed by atoms with van der Waals surface area (Å²) in [6, 6.07) is -0.708. The molecule has 1 heterocycles. The van der Waals surface area contributed by atoms with Crippen LogP contribution in [-0.2, 0) is 14.3 Å². The van der Waals surface area contributed by atoms with Gasteiger partial charge in [-0.15, -0.1) is 0 Å². The summed E-state index contributed by atoms with van der Waals surface area (Å²) in [7, 11) is 0. The van der Waals surface area contributed by atoms with Crippen molar-refractivity contribution >= 4 is 5.91 Å². The zero-order valence-electron chi connectivity index (χ0n) is 28.9. The summed E-state index contributed by atoms with van der Waals surface area (Å²) in [6.45, 7) is 3.79. The molecule has 0 bridgehead atoms. The fraction of sp³-hybridized carbons (Fsp3) is 0.972. The van der Waals surface area contributed by atoms with Crippen LogP contribution < -0.4 is 5.32 Å². The summed E-state index contributed by atoms with van der Waals surface area (Å²) in [6.07, 6.45) is 19.7. The molecule has 1 amide bonds. The van der Waals surface area contributed by atoms with Gasteiger partial charge in [-0.25, -0.2) is 0 Å². The number of carbonyl (C=O) groups is 1. The molecule has 6 N–H and O–H groups in total. The normalized spacial score (nSPS) is 23.2. The summed E-state index contributed by atoms with van der Waals surface area (Å²) in [5, 5.41) is 53.9. The lowest BCUT2D eigenvalue weighted by atomic mass is 9.99. The number of hydrogen-bond donors (Lipinski definition) is 6. The van der Waals surface area contributed by atoms with Crippen LogP contribution in [0.4, 0.5) is 0 Å². The molecule has 45 heavy (non-hydrogen) atoms. The van der Waals surface area contributed by atoms with Gasteiger partial charge in [0.05, 0.1) is 25.4 Å². The Labute approximate surface area is 274 Å². The highest BCUT2D eigenvalue weighted by Crippen LogP contribution is 2.23. The molecule has 1 saturated heterocycles. The number of ether oxygens (including phenoxy) is 2. The molecule has 1 aliphatic heterocycles. The second-order valence-corrected chi connectivity index (χ2v) is 13.4. The number of rotatable bonds is 30. The molecule has 0 aromatic heterocycles. The minimum atomic E-state index is -1.55. The van der Waals surface area contributed by atoms with Gasteiger partial charge in [-0.1, -0.05) is 149 Å². The Morgan fingerprint density at radius 2 is 1.11 bits per heavy atom. The van der Waals surface area contributed by atoms with Gasteiger partial charge < -0.3 is 40.3 Å². The number of hydrogen-bond acceptors (Lipinski definition) is 8. The largest absolute Gasteiger partial charge is 0.394 e. The molecule has 9 heteroatoms. The first kappa shape index (κ1) is 42.2. The van der Waals surface area contributed by atoms with Gasteiger partial charge in [0.2, 0.25) is 5.91 Å². The molecule has 7 unspecified atom stereocenters. The van der Waals surface area contributed by atoms with Gasteiger partial charge in [0.25, 0.3) is 0 Å². The molecule has 0 saturated carbocycles. The van der Waals surface area contributed by atoms with Crippen LogP contribution in [0.5, 0.6) is 0 Å². The van der Waals surface area contributed by atoms with Crippen LogP contribution in [0.25, 0.3) is 0 Å². The van der Waals surface area contributed by atoms with E-state index in [2.05, 4.69) is 19.2 Å². The maximum atomic E-state index is 12.8. The molecular formula is C36H71NO8. The smallest absolute Gasteiger partial charge is 0.220 e. The first-order valence-corrected chi connectivity index (χ1v) is 18.7. The van der Waals surface area contributed by atoms with E-state index in [4.69, 9.17) is 9.47 Å². The van der Waals surface area contributed by atoms with Crippen LogP contribution >= 0.6 is 0 Å². The summed E-state index contributed by atoms with van der Waals surface area (Å²) < 4.78 is 11.2.